The second kappa shape index (κ2) is 3.81. The number of rotatable bonds is 2. The van der Waals surface area contributed by atoms with Crippen molar-refractivity contribution in [3.8, 4) is 0 Å². The standard InChI is InChI=1S/C12H12N2O2/c1-8(16)13-10-3-4-11-9(7-15)6-14(2)12(11)5-10/h3-7H,1-2H3,(H,13,16). The number of anilines is 1. The van der Waals surface area contributed by atoms with Gasteiger partial charge in [0.25, 0.3) is 0 Å². The van der Waals surface area contributed by atoms with E-state index in [0.717, 1.165) is 22.9 Å². The molecule has 1 heterocycles. The third-order valence-corrected chi connectivity index (χ3v) is 2.47. The van der Waals surface area contributed by atoms with Gasteiger partial charge in [0.05, 0.1) is 5.52 Å². The van der Waals surface area contributed by atoms with E-state index in [9.17, 15) is 9.59 Å². The smallest absolute Gasteiger partial charge is 0.221 e. The summed E-state index contributed by atoms with van der Waals surface area (Å²) in [4.78, 5) is 21.7. The SMILES string of the molecule is CC(=O)Nc1ccc2c(C=O)cn(C)c2c1. The molecular weight excluding hydrogens is 204 g/mol. The molecule has 0 aliphatic rings. The molecule has 0 spiro atoms. The monoisotopic (exact) mass is 216 g/mol. The van der Waals surface area contributed by atoms with Gasteiger partial charge in [0.2, 0.25) is 5.91 Å². The second-order valence-corrected chi connectivity index (χ2v) is 3.73. The van der Waals surface area contributed by atoms with Gasteiger partial charge in [-0.1, -0.05) is 6.07 Å². The van der Waals surface area contributed by atoms with Crippen LogP contribution >= 0.6 is 0 Å². The molecule has 1 N–H and O–H groups in total. The van der Waals surface area contributed by atoms with Gasteiger partial charge in [0.15, 0.2) is 6.29 Å². The first kappa shape index (κ1) is 10.4. The number of fused-ring (bicyclic) bond motifs is 1. The van der Waals surface area contributed by atoms with Gasteiger partial charge < -0.3 is 9.88 Å². The summed E-state index contributed by atoms with van der Waals surface area (Å²) < 4.78 is 1.87. The summed E-state index contributed by atoms with van der Waals surface area (Å²) in [6.07, 6.45) is 2.61. The number of nitrogens with one attached hydrogen (secondary N) is 1. The summed E-state index contributed by atoms with van der Waals surface area (Å²) in [5.74, 6) is -0.107. The van der Waals surface area contributed by atoms with Crippen LogP contribution in [0.2, 0.25) is 0 Å². The Morgan fingerprint density at radius 1 is 1.44 bits per heavy atom. The highest BCUT2D eigenvalue weighted by molar-refractivity contribution is 6.00. The number of hydrogen-bond acceptors (Lipinski definition) is 2. The number of amides is 1. The number of hydrogen-bond donors (Lipinski definition) is 1. The average Bonchev–Trinajstić information content (AvgIpc) is 2.55. The molecular formula is C12H12N2O2. The van der Waals surface area contributed by atoms with E-state index in [0.29, 0.717) is 5.56 Å². The van der Waals surface area contributed by atoms with Crippen LogP contribution < -0.4 is 5.32 Å². The molecule has 16 heavy (non-hydrogen) atoms. The molecule has 0 fully saturated rings. The first-order valence-electron chi connectivity index (χ1n) is 4.93. The summed E-state index contributed by atoms with van der Waals surface area (Å²) in [6, 6.07) is 5.48. The first-order valence-corrected chi connectivity index (χ1v) is 4.93. The molecule has 0 saturated carbocycles. The Morgan fingerprint density at radius 2 is 2.19 bits per heavy atom. The fourth-order valence-electron chi connectivity index (χ4n) is 1.79. The fraction of sp³-hybridized carbons (Fsp3) is 0.167. The number of carbonyl (C=O) groups excluding carboxylic acids is 2. The lowest BCUT2D eigenvalue weighted by atomic mass is 10.2. The molecule has 0 unspecified atom stereocenters. The molecule has 0 aliphatic heterocycles. The van der Waals surface area contributed by atoms with Crippen LogP contribution in [0.4, 0.5) is 5.69 Å². The van der Waals surface area contributed by atoms with E-state index in [2.05, 4.69) is 5.32 Å². The van der Waals surface area contributed by atoms with Crippen molar-refractivity contribution in [1.82, 2.24) is 4.57 Å². The lowest BCUT2D eigenvalue weighted by molar-refractivity contribution is -0.114. The highest BCUT2D eigenvalue weighted by atomic mass is 16.1. The molecule has 82 valence electrons. The number of aldehydes is 1. The van der Waals surface area contributed by atoms with Crippen LogP contribution in [-0.2, 0) is 11.8 Å². The van der Waals surface area contributed by atoms with Crippen LogP contribution in [0, 0.1) is 0 Å². The quantitative estimate of drug-likeness (QED) is 0.780. The molecule has 0 bridgehead atoms. The van der Waals surface area contributed by atoms with Gasteiger partial charge in [0, 0.05) is 36.8 Å². The second-order valence-electron chi connectivity index (χ2n) is 3.73. The molecule has 4 nitrogen and oxygen atoms in total. The minimum Gasteiger partial charge on any atom is -0.350 e. The van der Waals surface area contributed by atoms with Crippen LogP contribution in [-0.4, -0.2) is 16.8 Å². The predicted molar refractivity (Wildman–Crippen MR) is 62.6 cm³/mol. The maximum atomic E-state index is 10.9. The molecule has 2 aromatic rings. The summed E-state index contributed by atoms with van der Waals surface area (Å²) in [7, 11) is 1.87. The topological polar surface area (TPSA) is 51.1 Å². The van der Waals surface area contributed by atoms with Crippen molar-refractivity contribution in [3.05, 3.63) is 30.0 Å². The van der Waals surface area contributed by atoms with Crippen LogP contribution in [0.1, 0.15) is 17.3 Å². The van der Waals surface area contributed by atoms with Crippen LogP contribution in [0.25, 0.3) is 10.9 Å². The van der Waals surface area contributed by atoms with Crippen LogP contribution in [0.15, 0.2) is 24.4 Å². The van der Waals surface area contributed by atoms with Crippen molar-refractivity contribution >= 4 is 28.8 Å². The van der Waals surface area contributed by atoms with E-state index < -0.39 is 0 Å². The Kier molecular flexibility index (Phi) is 2.48. The molecule has 2 rings (SSSR count). The van der Waals surface area contributed by atoms with E-state index in [1.165, 1.54) is 6.92 Å². The van der Waals surface area contributed by atoms with E-state index in [4.69, 9.17) is 0 Å². The largest absolute Gasteiger partial charge is 0.350 e. The maximum Gasteiger partial charge on any atom is 0.221 e. The van der Waals surface area contributed by atoms with E-state index in [-0.39, 0.29) is 5.91 Å². The molecule has 1 aromatic heterocycles. The summed E-state index contributed by atoms with van der Waals surface area (Å²) in [5, 5.41) is 3.61. The van der Waals surface area contributed by atoms with Crippen molar-refractivity contribution in [2.45, 2.75) is 6.92 Å². The van der Waals surface area contributed by atoms with Crippen LogP contribution in [0.3, 0.4) is 0 Å². The third-order valence-electron chi connectivity index (χ3n) is 2.47. The first-order chi connectivity index (χ1) is 7.61. The molecule has 0 radical (unpaired) electrons. The lowest BCUT2D eigenvalue weighted by Crippen LogP contribution is -2.05. The summed E-state index contributed by atoms with van der Waals surface area (Å²) in [6.45, 7) is 1.46. The number of aromatic nitrogens is 1. The molecule has 1 aromatic carbocycles. The fourth-order valence-corrected chi connectivity index (χ4v) is 1.79. The Morgan fingerprint density at radius 3 is 2.81 bits per heavy atom. The number of carbonyl (C=O) groups is 2. The Bertz CT molecular complexity index is 570. The van der Waals surface area contributed by atoms with Gasteiger partial charge in [0.1, 0.15) is 0 Å². The highest BCUT2D eigenvalue weighted by Crippen LogP contribution is 2.22. The zero-order valence-corrected chi connectivity index (χ0v) is 9.15. The summed E-state index contributed by atoms with van der Waals surface area (Å²) >= 11 is 0. The third kappa shape index (κ3) is 1.69. The minimum atomic E-state index is -0.107. The van der Waals surface area contributed by atoms with Gasteiger partial charge in [-0.2, -0.15) is 0 Å². The zero-order chi connectivity index (χ0) is 11.7. The van der Waals surface area contributed by atoms with E-state index in [1.807, 2.05) is 23.7 Å². The van der Waals surface area contributed by atoms with Crippen LogP contribution in [0.5, 0.6) is 0 Å². The lowest BCUT2D eigenvalue weighted by Gasteiger charge is -2.03. The van der Waals surface area contributed by atoms with Gasteiger partial charge >= 0.3 is 0 Å². The van der Waals surface area contributed by atoms with Crippen molar-refractivity contribution in [2.75, 3.05) is 5.32 Å². The number of benzene rings is 1. The maximum absolute atomic E-state index is 10.9. The average molecular weight is 216 g/mol. The molecule has 0 saturated heterocycles. The minimum absolute atomic E-state index is 0.107. The van der Waals surface area contributed by atoms with Gasteiger partial charge in [-0.05, 0) is 12.1 Å². The number of aryl methyl sites for hydroxylation is 1. The molecule has 4 heteroatoms. The molecule has 0 atom stereocenters. The van der Waals surface area contributed by atoms with Gasteiger partial charge in [-0.25, -0.2) is 0 Å². The van der Waals surface area contributed by atoms with Crippen molar-refractivity contribution in [3.63, 3.8) is 0 Å². The van der Waals surface area contributed by atoms with Gasteiger partial charge in [-0.3, -0.25) is 9.59 Å². The zero-order valence-electron chi connectivity index (χ0n) is 9.15. The normalized spacial score (nSPS) is 10.4. The number of nitrogens with zero attached hydrogens (tertiary/aromatic N) is 1. The van der Waals surface area contributed by atoms with Gasteiger partial charge in [-0.15, -0.1) is 0 Å². The Hall–Kier alpha value is -2.10. The summed E-state index contributed by atoms with van der Waals surface area (Å²) in [5.41, 5.74) is 2.32. The molecule has 1 amide bonds. The Balaban J connectivity index is 2.57. The molecule has 0 aliphatic carbocycles. The van der Waals surface area contributed by atoms with E-state index >= 15 is 0 Å². The van der Waals surface area contributed by atoms with Crippen molar-refractivity contribution < 1.29 is 9.59 Å². The van der Waals surface area contributed by atoms with Crippen molar-refractivity contribution in [1.29, 1.82) is 0 Å². The highest BCUT2D eigenvalue weighted by Gasteiger charge is 2.06. The predicted octanol–water partition coefficient (Wildman–Crippen LogP) is 1.95. The van der Waals surface area contributed by atoms with Crippen molar-refractivity contribution in [2.24, 2.45) is 7.05 Å². The van der Waals surface area contributed by atoms with E-state index in [1.54, 1.807) is 12.3 Å². The Labute approximate surface area is 92.9 Å².